The Labute approximate surface area is 139 Å². The second-order valence-electron chi connectivity index (χ2n) is 5.41. The van der Waals surface area contributed by atoms with Gasteiger partial charge in [-0.2, -0.15) is 0 Å². The second-order valence-corrected chi connectivity index (χ2v) is 5.41. The van der Waals surface area contributed by atoms with Gasteiger partial charge in [-0.3, -0.25) is 0 Å². The highest BCUT2D eigenvalue weighted by Crippen LogP contribution is 2.24. The summed E-state index contributed by atoms with van der Waals surface area (Å²) in [6.45, 7) is 0.626. The van der Waals surface area contributed by atoms with Crippen molar-refractivity contribution in [1.29, 1.82) is 0 Å². The highest BCUT2D eigenvalue weighted by atomic mass is 16.4. The molecule has 0 amide bonds. The highest BCUT2D eigenvalue weighted by molar-refractivity contribution is 5.40. The summed E-state index contributed by atoms with van der Waals surface area (Å²) in [6, 6.07) is 4.34. The molecule has 1 aromatic carbocycles. The summed E-state index contributed by atoms with van der Waals surface area (Å²) >= 11 is 0. The molecule has 0 heterocycles. The van der Waals surface area contributed by atoms with Gasteiger partial charge in [-0.25, -0.2) is 0 Å². The van der Waals surface area contributed by atoms with Crippen molar-refractivity contribution in [2.45, 2.75) is 36.9 Å². The predicted octanol–water partition coefficient (Wildman–Crippen LogP) is -2.81. The van der Waals surface area contributed by atoms with Crippen LogP contribution >= 0.6 is 0 Å². The number of aromatic hydroxyl groups is 2. The van der Waals surface area contributed by atoms with Crippen molar-refractivity contribution in [3.63, 3.8) is 0 Å². The molecular formula is C15H24NO8. The molecule has 1 rings (SSSR count). The summed E-state index contributed by atoms with van der Waals surface area (Å²) < 4.78 is 0. The van der Waals surface area contributed by atoms with E-state index < -0.39 is 37.1 Å². The molecule has 5 atom stereocenters. The van der Waals surface area contributed by atoms with Gasteiger partial charge in [0, 0.05) is 0 Å². The van der Waals surface area contributed by atoms with Crippen molar-refractivity contribution in [3.05, 3.63) is 30.3 Å². The fourth-order valence-corrected chi connectivity index (χ4v) is 1.98. The van der Waals surface area contributed by atoms with Crippen LogP contribution in [0.5, 0.6) is 11.5 Å². The summed E-state index contributed by atoms with van der Waals surface area (Å²) in [7, 11) is 0. The Morgan fingerprint density at radius 3 is 2.17 bits per heavy atom. The zero-order valence-electron chi connectivity index (χ0n) is 12.9. The fourth-order valence-electron chi connectivity index (χ4n) is 1.98. The van der Waals surface area contributed by atoms with E-state index in [4.69, 9.17) is 5.11 Å². The van der Waals surface area contributed by atoms with Crippen LogP contribution in [0.2, 0.25) is 0 Å². The van der Waals surface area contributed by atoms with Crippen molar-refractivity contribution in [1.82, 2.24) is 5.32 Å². The third-order valence-electron chi connectivity index (χ3n) is 3.52. The van der Waals surface area contributed by atoms with Crippen LogP contribution in [-0.4, -0.2) is 84.5 Å². The molecule has 9 nitrogen and oxygen atoms in total. The molecule has 9 heteroatoms. The smallest absolute Gasteiger partial charge is 0.157 e. The van der Waals surface area contributed by atoms with E-state index in [0.717, 1.165) is 12.1 Å². The Balaban J connectivity index is 2.36. The van der Waals surface area contributed by atoms with Crippen LogP contribution in [0.25, 0.3) is 0 Å². The first-order chi connectivity index (χ1) is 11.3. The monoisotopic (exact) mass is 346 g/mol. The molecule has 0 aliphatic heterocycles. The van der Waals surface area contributed by atoms with Crippen molar-refractivity contribution in [2.24, 2.45) is 0 Å². The maximum atomic E-state index is 9.71. The molecule has 0 spiro atoms. The minimum absolute atomic E-state index is 0.227. The SMILES string of the molecule is OCC(O)C(O)C(O)C(O)C(O)[CH]NCCc1ccc(O)c(O)c1. The van der Waals surface area contributed by atoms with Gasteiger partial charge in [-0.05, 0) is 30.7 Å². The zero-order chi connectivity index (χ0) is 18.3. The van der Waals surface area contributed by atoms with Crippen molar-refractivity contribution >= 4 is 0 Å². The van der Waals surface area contributed by atoms with Crippen molar-refractivity contribution in [3.8, 4) is 11.5 Å². The normalized spacial score (nSPS) is 17.9. The van der Waals surface area contributed by atoms with Crippen LogP contribution in [0.3, 0.4) is 0 Å². The Kier molecular flexibility index (Phi) is 8.36. The van der Waals surface area contributed by atoms with Crippen molar-refractivity contribution < 1.29 is 40.9 Å². The molecule has 0 fully saturated rings. The lowest BCUT2D eigenvalue weighted by molar-refractivity contribution is -0.135. The number of phenolic OH excluding ortho intramolecular Hbond substituents is 2. The van der Waals surface area contributed by atoms with Crippen LogP contribution in [0.1, 0.15) is 5.56 Å². The number of aliphatic hydroxyl groups excluding tert-OH is 6. The average Bonchev–Trinajstić information content (AvgIpc) is 2.58. The third kappa shape index (κ3) is 5.87. The van der Waals surface area contributed by atoms with Gasteiger partial charge in [0.15, 0.2) is 11.5 Å². The molecule has 24 heavy (non-hydrogen) atoms. The molecule has 5 unspecified atom stereocenters. The predicted molar refractivity (Wildman–Crippen MR) is 82.9 cm³/mol. The zero-order valence-corrected chi connectivity index (χ0v) is 12.9. The number of hydrogen-bond donors (Lipinski definition) is 9. The van der Waals surface area contributed by atoms with E-state index in [1.165, 1.54) is 12.1 Å². The second kappa shape index (κ2) is 9.74. The highest BCUT2D eigenvalue weighted by Gasteiger charge is 2.33. The first-order valence-corrected chi connectivity index (χ1v) is 7.36. The molecule has 0 saturated carbocycles. The molecule has 0 saturated heterocycles. The number of nitrogens with one attached hydrogen (secondary N) is 1. The molecule has 1 radical (unpaired) electrons. The molecule has 0 aromatic heterocycles. The van der Waals surface area contributed by atoms with Crippen LogP contribution in [-0.2, 0) is 6.42 Å². The Bertz CT molecular complexity index is 500. The van der Waals surface area contributed by atoms with E-state index in [1.807, 2.05) is 0 Å². The minimum Gasteiger partial charge on any atom is -0.504 e. The lowest BCUT2D eigenvalue weighted by atomic mass is 9.99. The largest absolute Gasteiger partial charge is 0.504 e. The van der Waals surface area contributed by atoms with E-state index in [0.29, 0.717) is 13.0 Å². The summed E-state index contributed by atoms with van der Waals surface area (Å²) in [5.74, 6) is -0.471. The van der Waals surface area contributed by atoms with Gasteiger partial charge in [0.2, 0.25) is 0 Å². The summed E-state index contributed by atoms with van der Waals surface area (Å²) in [4.78, 5) is 0. The maximum absolute atomic E-state index is 9.71. The number of phenols is 2. The van der Waals surface area contributed by atoms with Gasteiger partial charge < -0.3 is 46.2 Å². The Morgan fingerprint density at radius 1 is 0.917 bits per heavy atom. The van der Waals surface area contributed by atoms with E-state index >= 15 is 0 Å². The first-order valence-electron chi connectivity index (χ1n) is 7.36. The van der Waals surface area contributed by atoms with Crippen LogP contribution in [0.15, 0.2) is 18.2 Å². The molecular weight excluding hydrogens is 322 g/mol. The number of rotatable bonds is 10. The number of benzene rings is 1. The number of aliphatic hydroxyl groups is 6. The molecule has 137 valence electrons. The van der Waals surface area contributed by atoms with Gasteiger partial charge in [-0.15, -0.1) is 0 Å². The van der Waals surface area contributed by atoms with Gasteiger partial charge in [0.1, 0.15) is 24.4 Å². The Hall–Kier alpha value is -1.46. The van der Waals surface area contributed by atoms with E-state index in [9.17, 15) is 35.7 Å². The van der Waals surface area contributed by atoms with Crippen LogP contribution in [0, 0.1) is 6.54 Å². The molecule has 0 bridgehead atoms. The number of hydrogen-bond acceptors (Lipinski definition) is 9. The van der Waals surface area contributed by atoms with Gasteiger partial charge in [0.25, 0.3) is 0 Å². The minimum atomic E-state index is -1.85. The lowest BCUT2D eigenvalue weighted by Crippen LogP contribution is -2.51. The van der Waals surface area contributed by atoms with Gasteiger partial charge in [0.05, 0.1) is 19.3 Å². The van der Waals surface area contributed by atoms with E-state index in [1.54, 1.807) is 6.07 Å². The lowest BCUT2D eigenvalue weighted by Gasteiger charge is -2.28. The fraction of sp³-hybridized carbons (Fsp3) is 0.533. The van der Waals surface area contributed by atoms with E-state index in [-0.39, 0.29) is 11.5 Å². The quantitative estimate of drug-likeness (QED) is 0.160. The van der Waals surface area contributed by atoms with Gasteiger partial charge in [-0.1, -0.05) is 6.07 Å². The average molecular weight is 346 g/mol. The molecule has 0 aliphatic carbocycles. The molecule has 0 aliphatic rings. The molecule has 9 N–H and O–H groups in total. The standard InChI is InChI=1S/C15H24NO8/c17-7-12(21)14(23)15(24)13(22)11(20)6-16-4-3-8-1-2-9(18)10(19)5-8/h1-2,5-6,11-24H,3-4,7H2. The topological polar surface area (TPSA) is 174 Å². The van der Waals surface area contributed by atoms with Crippen LogP contribution in [0.4, 0.5) is 0 Å². The molecule has 1 aromatic rings. The third-order valence-corrected chi connectivity index (χ3v) is 3.52. The van der Waals surface area contributed by atoms with Crippen molar-refractivity contribution in [2.75, 3.05) is 13.2 Å². The summed E-state index contributed by atoms with van der Waals surface area (Å²) in [6.07, 6.45) is -8.17. The maximum Gasteiger partial charge on any atom is 0.157 e. The first kappa shape index (κ1) is 20.6. The summed E-state index contributed by atoms with van der Waals surface area (Å²) in [5.41, 5.74) is 0.725. The Morgan fingerprint density at radius 2 is 1.58 bits per heavy atom. The van der Waals surface area contributed by atoms with Gasteiger partial charge >= 0.3 is 0 Å². The van der Waals surface area contributed by atoms with Crippen LogP contribution < -0.4 is 5.32 Å². The van der Waals surface area contributed by atoms with E-state index in [2.05, 4.69) is 5.32 Å². The summed E-state index contributed by atoms with van der Waals surface area (Å²) in [5, 5.41) is 77.6.